The number of fused-ring (bicyclic) bond motifs is 1. The van der Waals surface area contributed by atoms with Crippen molar-refractivity contribution in [2.45, 2.75) is 31.8 Å². The summed E-state index contributed by atoms with van der Waals surface area (Å²) in [5.74, 6) is 0.0966. The molecule has 3 amide bonds. The minimum Gasteiger partial charge on any atom is -0.454 e. The van der Waals surface area contributed by atoms with Gasteiger partial charge in [0.25, 0.3) is 0 Å². The van der Waals surface area contributed by atoms with Gasteiger partial charge in [-0.15, -0.1) is 11.3 Å². The van der Waals surface area contributed by atoms with Crippen molar-refractivity contribution in [3.05, 3.63) is 29.8 Å². The van der Waals surface area contributed by atoms with Gasteiger partial charge in [0.15, 0.2) is 16.6 Å². The van der Waals surface area contributed by atoms with Crippen LogP contribution in [0, 0.1) is 0 Å². The molecule has 1 aromatic heterocycles. The number of carbonyl (C=O) groups is 3. The van der Waals surface area contributed by atoms with E-state index in [2.05, 4.69) is 15.6 Å². The van der Waals surface area contributed by atoms with Gasteiger partial charge < -0.3 is 29.7 Å². The van der Waals surface area contributed by atoms with Crippen molar-refractivity contribution in [2.75, 3.05) is 36.7 Å². The zero-order valence-corrected chi connectivity index (χ0v) is 18.2. The molecule has 32 heavy (non-hydrogen) atoms. The minimum absolute atomic E-state index is 0.00296. The van der Waals surface area contributed by atoms with Crippen molar-refractivity contribution < 1.29 is 28.6 Å². The Balaban J connectivity index is 1.39. The molecule has 0 spiro atoms. The highest BCUT2D eigenvalue weighted by molar-refractivity contribution is 7.13. The molecule has 4 rings (SSSR count). The first-order chi connectivity index (χ1) is 15.6. The standard InChI is InChI=1S/C21H24N4O6S/c26-18(24-21-22-7-9-32-21)5-6-20(28)25(12-19(27)23-11-15-2-1-8-29-15)14-3-4-16-17(10-14)31-13-30-16/h3-4,7,9-10,15H,1-2,5-6,8,11-13H2,(H,23,27)(H,22,24,26)/t15-/m0/s1. The number of hydrogen-bond donors (Lipinski definition) is 2. The van der Waals surface area contributed by atoms with E-state index in [0.29, 0.717) is 35.5 Å². The number of nitrogens with zero attached hydrogens (tertiary/aromatic N) is 2. The maximum atomic E-state index is 13.0. The molecule has 1 aromatic carbocycles. The molecule has 2 aliphatic rings. The Hall–Kier alpha value is -3.18. The third-order valence-corrected chi connectivity index (χ3v) is 5.75. The maximum Gasteiger partial charge on any atom is 0.240 e. The summed E-state index contributed by atoms with van der Waals surface area (Å²) in [6.07, 6.45) is 3.37. The van der Waals surface area contributed by atoms with Crippen molar-refractivity contribution in [2.24, 2.45) is 0 Å². The van der Waals surface area contributed by atoms with Crippen LogP contribution in [0.2, 0.25) is 0 Å². The third-order valence-electron chi connectivity index (χ3n) is 5.07. The molecular weight excluding hydrogens is 436 g/mol. The van der Waals surface area contributed by atoms with Gasteiger partial charge in [-0.3, -0.25) is 14.4 Å². The first-order valence-electron chi connectivity index (χ1n) is 10.4. The Kier molecular flexibility index (Phi) is 7.17. The number of aromatic nitrogens is 1. The van der Waals surface area contributed by atoms with Gasteiger partial charge in [-0.05, 0) is 25.0 Å². The average molecular weight is 461 g/mol. The van der Waals surface area contributed by atoms with Crippen molar-refractivity contribution in [1.29, 1.82) is 0 Å². The van der Waals surface area contributed by atoms with Gasteiger partial charge in [0.1, 0.15) is 6.54 Å². The van der Waals surface area contributed by atoms with E-state index in [1.54, 1.807) is 29.8 Å². The second kappa shape index (κ2) is 10.4. The van der Waals surface area contributed by atoms with Crippen LogP contribution < -0.4 is 25.0 Å². The number of thiazole rings is 1. The Morgan fingerprint density at radius 3 is 2.81 bits per heavy atom. The van der Waals surface area contributed by atoms with Gasteiger partial charge in [0, 0.05) is 49.3 Å². The molecule has 0 unspecified atom stereocenters. The van der Waals surface area contributed by atoms with Crippen LogP contribution in [0.5, 0.6) is 11.5 Å². The van der Waals surface area contributed by atoms with Crippen LogP contribution in [0.4, 0.5) is 10.8 Å². The fraction of sp³-hybridized carbons (Fsp3) is 0.429. The van der Waals surface area contributed by atoms with Crippen LogP contribution in [0.25, 0.3) is 0 Å². The molecule has 2 aliphatic heterocycles. The predicted octanol–water partition coefficient (Wildman–Crippen LogP) is 1.92. The Labute approximate surface area is 188 Å². The van der Waals surface area contributed by atoms with Crippen molar-refractivity contribution in [1.82, 2.24) is 10.3 Å². The second-order valence-electron chi connectivity index (χ2n) is 7.34. The first kappa shape index (κ1) is 22.0. The lowest BCUT2D eigenvalue weighted by atomic mass is 10.2. The van der Waals surface area contributed by atoms with E-state index in [0.717, 1.165) is 12.8 Å². The van der Waals surface area contributed by atoms with E-state index in [4.69, 9.17) is 14.2 Å². The molecule has 0 saturated carbocycles. The molecule has 3 heterocycles. The molecule has 1 fully saturated rings. The maximum absolute atomic E-state index is 13.0. The minimum atomic E-state index is -0.356. The van der Waals surface area contributed by atoms with E-state index >= 15 is 0 Å². The van der Waals surface area contributed by atoms with Gasteiger partial charge in [0.05, 0.1) is 6.10 Å². The van der Waals surface area contributed by atoms with Gasteiger partial charge in [0.2, 0.25) is 24.5 Å². The molecule has 0 aliphatic carbocycles. The van der Waals surface area contributed by atoms with Crippen LogP contribution in [0.3, 0.4) is 0 Å². The van der Waals surface area contributed by atoms with E-state index in [1.165, 1.54) is 16.2 Å². The normalized spacial score (nSPS) is 16.6. The van der Waals surface area contributed by atoms with Crippen molar-refractivity contribution in [3.63, 3.8) is 0 Å². The van der Waals surface area contributed by atoms with Gasteiger partial charge in [-0.2, -0.15) is 0 Å². The number of nitrogens with one attached hydrogen (secondary N) is 2. The number of benzene rings is 1. The molecule has 10 nitrogen and oxygen atoms in total. The van der Waals surface area contributed by atoms with Gasteiger partial charge in [-0.1, -0.05) is 0 Å². The molecular formula is C21H24N4O6S. The largest absolute Gasteiger partial charge is 0.454 e. The van der Waals surface area contributed by atoms with Crippen LogP contribution in [0.1, 0.15) is 25.7 Å². The summed E-state index contributed by atoms with van der Waals surface area (Å²) >= 11 is 1.30. The van der Waals surface area contributed by atoms with Crippen molar-refractivity contribution >= 4 is 39.9 Å². The fourth-order valence-corrected chi connectivity index (χ4v) is 3.98. The first-order valence-corrected chi connectivity index (χ1v) is 11.2. The Morgan fingerprint density at radius 1 is 1.16 bits per heavy atom. The SMILES string of the molecule is O=C(CN(C(=O)CCC(=O)Nc1nccs1)c1ccc2c(c1)OCO2)NC[C@@H]1CCCO1. The predicted molar refractivity (Wildman–Crippen MR) is 117 cm³/mol. The highest BCUT2D eigenvalue weighted by Crippen LogP contribution is 2.35. The van der Waals surface area contributed by atoms with E-state index in [-0.39, 0.29) is 50.0 Å². The lowest BCUT2D eigenvalue weighted by Crippen LogP contribution is -2.43. The Bertz CT molecular complexity index is 961. The molecule has 1 saturated heterocycles. The van der Waals surface area contributed by atoms with Gasteiger partial charge >= 0.3 is 0 Å². The number of ether oxygens (including phenoxy) is 3. The number of rotatable bonds is 9. The monoisotopic (exact) mass is 460 g/mol. The summed E-state index contributed by atoms with van der Waals surface area (Å²) in [5, 5.41) is 7.70. The second-order valence-corrected chi connectivity index (χ2v) is 8.24. The van der Waals surface area contributed by atoms with Crippen LogP contribution in [-0.4, -0.2) is 55.3 Å². The highest BCUT2D eigenvalue weighted by atomic mass is 32.1. The molecule has 2 aromatic rings. The summed E-state index contributed by atoms with van der Waals surface area (Å²) in [6, 6.07) is 5.04. The zero-order chi connectivity index (χ0) is 22.3. The molecule has 1 atom stereocenters. The van der Waals surface area contributed by atoms with Crippen LogP contribution in [-0.2, 0) is 19.1 Å². The van der Waals surface area contributed by atoms with Crippen LogP contribution >= 0.6 is 11.3 Å². The van der Waals surface area contributed by atoms with Crippen molar-refractivity contribution in [3.8, 4) is 11.5 Å². The molecule has 170 valence electrons. The summed E-state index contributed by atoms with van der Waals surface area (Å²) in [6.45, 7) is 1.02. The lowest BCUT2D eigenvalue weighted by molar-refractivity contribution is -0.125. The fourth-order valence-electron chi connectivity index (χ4n) is 3.43. The van der Waals surface area contributed by atoms with Crippen LogP contribution in [0.15, 0.2) is 29.8 Å². The number of hydrogen-bond acceptors (Lipinski definition) is 8. The quantitative estimate of drug-likeness (QED) is 0.587. The van der Waals surface area contributed by atoms with E-state index < -0.39 is 0 Å². The molecule has 0 bridgehead atoms. The summed E-state index contributed by atoms with van der Waals surface area (Å²) in [4.78, 5) is 43.1. The van der Waals surface area contributed by atoms with Gasteiger partial charge in [-0.25, -0.2) is 4.98 Å². The molecule has 11 heteroatoms. The summed E-state index contributed by atoms with van der Waals surface area (Å²) < 4.78 is 16.2. The number of anilines is 2. The molecule has 2 N–H and O–H groups in total. The number of amides is 3. The number of carbonyl (C=O) groups excluding carboxylic acids is 3. The Morgan fingerprint density at radius 2 is 2.03 bits per heavy atom. The summed E-state index contributed by atoms with van der Waals surface area (Å²) in [5.41, 5.74) is 0.492. The lowest BCUT2D eigenvalue weighted by Gasteiger charge is -2.23. The van der Waals surface area contributed by atoms with E-state index in [1.807, 2.05) is 0 Å². The van der Waals surface area contributed by atoms with E-state index in [9.17, 15) is 14.4 Å². The third kappa shape index (κ3) is 5.74. The smallest absolute Gasteiger partial charge is 0.240 e. The molecule has 0 radical (unpaired) electrons. The highest BCUT2D eigenvalue weighted by Gasteiger charge is 2.24. The summed E-state index contributed by atoms with van der Waals surface area (Å²) in [7, 11) is 0. The average Bonchev–Trinajstić information content (AvgIpc) is 3.56. The zero-order valence-electron chi connectivity index (χ0n) is 17.4. The topological polar surface area (TPSA) is 119 Å².